The minimum atomic E-state index is -3.96. The summed E-state index contributed by atoms with van der Waals surface area (Å²) in [5, 5.41) is 5.60. The Morgan fingerprint density at radius 2 is 1.80 bits per heavy atom. The maximum Gasteiger partial charge on any atom is 0.319 e. The molecule has 12 heteroatoms. The summed E-state index contributed by atoms with van der Waals surface area (Å²) < 4.78 is 45.2. The molecule has 0 radical (unpaired) electrons. The number of likely N-dealkylation sites (N-methyl/N-ethyl adjacent to an activating group) is 1. The average Bonchev–Trinajstić information content (AvgIpc) is 2.93. The van der Waals surface area contributed by atoms with Crippen LogP contribution >= 0.6 is 0 Å². The van der Waals surface area contributed by atoms with Crippen LogP contribution in [0.5, 0.6) is 0 Å². The first-order chi connectivity index (χ1) is 19.4. The molecule has 220 valence electrons. The van der Waals surface area contributed by atoms with Crippen molar-refractivity contribution in [3.8, 4) is 11.4 Å². The molecule has 4 rings (SSSR count). The van der Waals surface area contributed by atoms with E-state index in [9.17, 15) is 17.6 Å². The van der Waals surface area contributed by atoms with E-state index in [1.807, 2.05) is 25.9 Å². The van der Waals surface area contributed by atoms with Gasteiger partial charge in [0.05, 0.1) is 29.8 Å². The zero-order valence-corrected chi connectivity index (χ0v) is 24.8. The molecule has 1 aliphatic heterocycles. The number of ether oxygens (including phenoxy) is 1. The predicted molar refractivity (Wildman–Crippen MR) is 157 cm³/mol. The van der Waals surface area contributed by atoms with Gasteiger partial charge in [-0.15, -0.1) is 0 Å². The number of urea groups is 1. The van der Waals surface area contributed by atoms with Gasteiger partial charge in [-0.3, -0.25) is 0 Å². The highest BCUT2D eigenvalue weighted by Crippen LogP contribution is 2.37. The number of aromatic nitrogens is 2. The fraction of sp³-hybridized carbons (Fsp3) is 0.414. The Bertz CT molecular complexity index is 1460. The molecule has 0 unspecified atom stereocenters. The first kappa shape index (κ1) is 30.4. The highest BCUT2D eigenvalue weighted by atomic mass is 32.2. The van der Waals surface area contributed by atoms with Gasteiger partial charge in [-0.05, 0) is 83.4 Å². The zero-order chi connectivity index (χ0) is 29.8. The van der Waals surface area contributed by atoms with E-state index in [0.717, 1.165) is 18.7 Å². The number of morpholine rings is 1. The average molecular weight is 585 g/mol. The Morgan fingerprint density at radius 3 is 2.44 bits per heavy atom. The SMILES string of the molecule is C[C@H]1COCCN1c1cc(C(C)(C)S(=O)(=O)c2ccc(F)cc2)nc(-c2ccc(NC(=O)NCCN(C)C)cc2)n1. The quantitative estimate of drug-likeness (QED) is 0.364. The Hall–Kier alpha value is -3.61. The molecule has 1 fully saturated rings. The number of carbonyl (C=O) groups excluding carboxylic acids is 1. The van der Waals surface area contributed by atoms with E-state index in [0.29, 0.717) is 54.9 Å². The van der Waals surface area contributed by atoms with Gasteiger partial charge in [-0.2, -0.15) is 0 Å². The number of hydrogen-bond acceptors (Lipinski definition) is 8. The lowest BCUT2D eigenvalue weighted by Crippen LogP contribution is -2.44. The highest BCUT2D eigenvalue weighted by molar-refractivity contribution is 7.92. The number of benzene rings is 2. The molecule has 2 heterocycles. The normalized spacial score (nSPS) is 16.1. The summed E-state index contributed by atoms with van der Waals surface area (Å²) >= 11 is 0. The van der Waals surface area contributed by atoms with E-state index < -0.39 is 20.4 Å². The van der Waals surface area contributed by atoms with Crippen LogP contribution in [0.15, 0.2) is 59.5 Å². The number of hydrogen-bond donors (Lipinski definition) is 2. The molecular formula is C29H37FN6O4S. The minimum Gasteiger partial charge on any atom is -0.377 e. The highest BCUT2D eigenvalue weighted by Gasteiger charge is 2.40. The lowest BCUT2D eigenvalue weighted by Gasteiger charge is -2.35. The van der Waals surface area contributed by atoms with Crippen LogP contribution in [-0.4, -0.2) is 82.3 Å². The van der Waals surface area contributed by atoms with Crippen molar-refractivity contribution in [2.75, 3.05) is 57.2 Å². The van der Waals surface area contributed by atoms with E-state index in [4.69, 9.17) is 14.7 Å². The monoisotopic (exact) mass is 584 g/mol. The van der Waals surface area contributed by atoms with Crippen molar-refractivity contribution in [2.24, 2.45) is 0 Å². The van der Waals surface area contributed by atoms with Crippen molar-refractivity contribution in [3.05, 3.63) is 66.1 Å². The molecule has 1 aromatic heterocycles. The summed E-state index contributed by atoms with van der Waals surface area (Å²) in [4.78, 5) is 25.8. The van der Waals surface area contributed by atoms with Crippen LogP contribution in [0.3, 0.4) is 0 Å². The van der Waals surface area contributed by atoms with Crippen LogP contribution in [0.4, 0.5) is 20.7 Å². The van der Waals surface area contributed by atoms with Gasteiger partial charge in [0.2, 0.25) is 0 Å². The number of sulfone groups is 1. The van der Waals surface area contributed by atoms with Crippen molar-refractivity contribution in [1.82, 2.24) is 20.2 Å². The fourth-order valence-corrected chi connectivity index (χ4v) is 5.87. The number of halogens is 1. The van der Waals surface area contributed by atoms with Gasteiger partial charge in [0.15, 0.2) is 15.7 Å². The largest absolute Gasteiger partial charge is 0.377 e. The van der Waals surface area contributed by atoms with E-state index in [1.54, 1.807) is 44.2 Å². The summed E-state index contributed by atoms with van der Waals surface area (Å²) in [6.07, 6.45) is 0. The first-order valence-electron chi connectivity index (χ1n) is 13.4. The van der Waals surface area contributed by atoms with Gasteiger partial charge in [0.25, 0.3) is 0 Å². The third kappa shape index (κ3) is 7.00. The number of amides is 2. The zero-order valence-electron chi connectivity index (χ0n) is 24.0. The van der Waals surface area contributed by atoms with Crippen molar-refractivity contribution in [2.45, 2.75) is 36.5 Å². The standard InChI is InChI=1S/C29H37FN6O4S/c1-20-19-40-17-16-36(20)26-18-25(29(2,3)41(38,39)24-12-8-22(30)9-13-24)33-27(34-26)21-6-10-23(11-7-21)32-28(37)31-14-15-35(4)5/h6-13,18,20H,14-17,19H2,1-5H3,(H2,31,32,37)/t20-/m0/s1. The topological polar surface area (TPSA) is 117 Å². The molecule has 2 aromatic carbocycles. The summed E-state index contributed by atoms with van der Waals surface area (Å²) in [5.41, 5.74) is 1.55. The smallest absolute Gasteiger partial charge is 0.319 e. The van der Waals surface area contributed by atoms with E-state index in [1.165, 1.54) is 12.1 Å². The van der Waals surface area contributed by atoms with Gasteiger partial charge in [-0.25, -0.2) is 27.6 Å². The van der Waals surface area contributed by atoms with Crippen molar-refractivity contribution in [3.63, 3.8) is 0 Å². The molecule has 0 saturated carbocycles. The number of anilines is 2. The molecule has 41 heavy (non-hydrogen) atoms. The lowest BCUT2D eigenvalue weighted by molar-refractivity contribution is 0.0985. The summed E-state index contributed by atoms with van der Waals surface area (Å²) in [7, 11) is -0.0985. The molecule has 0 bridgehead atoms. The maximum atomic E-state index is 13.8. The van der Waals surface area contributed by atoms with Crippen molar-refractivity contribution in [1.29, 1.82) is 0 Å². The molecular weight excluding hydrogens is 547 g/mol. The van der Waals surface area contributed by atoms with E-state index in [2.05, 4.69) is 15.5 Å². The Kier molecular flexibility index (Phi) is 9.25. The van der Waals surface area contributed by atoms with Gasteiger partial charge in [0, 0.05) is 37.0 Å². The van der Waals surface area contributed by atoms with E-state index >= 15 is 0 Å². The second kappa shape index (κ2) is 12.5. The molecule has 0 aliphatic carbocycles. The molecule has 1 atom stereocenters. The van der Waals surface area contributed by atoms with Crippen LogP contribution in [-0.2, 0) is 19.3 Å². The second-order valence-corrected chi connectivity index (χ2v) is 13.3. The fourth-order valence-electron chi connectivity index (χ4n) is 4.40. The van der Waals surface area contributed by atoms with Gasteiger partial charge in [-0.1, -0.05) is 0 Å². The third-order valence-electron chi connectivity index (χ3n) is 7.03. The van der Waals surface area contributed by atoms with Crippen molar-refractivity contribution >= 4 is 27.4 Å². The number of nitrogens with zero attached hydrogens (tertiary/aromatic N) is 4. The van der Waals surface area contributed by atoms with Crippen LogP contribution in [0.25, 0.3) is 11.4 Å². The van der Waals surface area contributed by atoms with Crippen LogP contribution < -0.4 is 15.5 Å². The molecule has 3 aromatic rings. The first-order valence-corrected chi connectivity index (χ1v) is 14.9. The van der Waals surface area contributed by atoms with Gasteiger partial charge < -0.3 is 25.2 Å². The molecule has 2 N–H and O–H groups in total. The van der Waals surface area contributed by atoms with Crippen molar-refractivity contribution < 1.29 is 22.3 Å². The molecule has 1 aliphatic rings. The minimum absolute atomic E-state index is 0.00429. The summed E-state index contributed by atoms with van der Waals surface area (Å²) in [6.45, 7) is 8.06. The maximum absolute atomic E-state index is 13.8. The Labute approximate surface area is 240 Å². The van der Waals surface area contributed by atoms with Gasteiger partial charge >= 0.3 is 6.03 Å². The summed E-state index contributed by atoms with van der Waals surface area (Å²) in [5.74, 6) is 0.421. The molecule has 1 saturated heterocycles. The van der Waals surface area contributed by atoms with E-state index in [-0.39, 0.29) is 17.0 Å². The van der Waals surface area contributed by atoms with Gasteiger partial charge in [0.1, 0.15) is 16.4 Å². The second-order valence-electron chi connectivity index (χ2n) is 10.8. The molecule has 0 spiro atoms. The number of carbonyl (C=O) groups is 1. The third-order valence-corrected chi connectivity index (χ3v) is 9.48. The summed E-state index contributed by atoms with van der Waals surface area (Å²) in [6, 6.07) is 13.3. The molecule has 10 nitrogen and oxygen atoms in total. The number of rotatable bonds is 9. The van der Waals surface area contributed by atoms with Crippen LogP contribution in [0, 0.1) is 5.82 Å². The van der Waals surface area contributed by atoms with Crippen LogP contribution in [0.2, 0.25) is 0 Å². The van der Waals surface area contributed by atoms with Crippen LogP contribution in [0.1, 0.15) is 26.5 Å². The number of nitrogens with one attached hydrogen (secondary N) is 2. The lowest BCUT2D eigenvalue weighted by atomic mass is 10.1. The predicted octanol–water partition coefficient (Wildman–Crippen LogP) is 3.90. The molecule has 2 amide bonds. The Balaban J connectivity index is 1.69. The Morgan fingerprint density at radius 1 is 1.12 bits per heavy atom.